The summed E-state index contributed by atoms with van der Waals surface area (Å²) in [6.07, 6.45) is 5.89. The molecule has 2 fully saturated rings. The Balaban J connectivity index is 0.000000151. The molecule has 1 heterocycles. The molecule has 0 aromatic carbocycles. The van der Waals surface area contributed by atoms with E-state index in [9.17, 15) is 0 Å². The molecule has 0 spiro atoms. The van der Waals surface area contributed by atoms with Crippen LogP contribution in [0.3, 0.4) is 0 Å². The van der Waals surface area contributed by atoms with E-state index in [-0.39, 0.29) is 0 Å². The van der Waals surface area contributed by atoms with Gasteiger partial charge in [0.05, 0.1) is 13.2 Å². The van der Waals surface area contributed by atoms with Gasteiger partial charge in [-0.05, 0) is 18.9 Å². The lowest BCUT2D eigenvalue weighted by molar-refractivity contribution is 0.0503. The van der Waals surface area contributed by atoms with Crippen molar-refractivity contribution in [3.8, 4) is 0 Å². The van der Waals surface area contributed by atoms with Gasteiger partial charge in [0.2, 0.25) is 0 Å². The van der Waals surface area contributed by atoms with Crippen molar-refractivity contribution in [3.05, 3.63) is 0 Å². The topological polar surface area (TPSA) is 12.5 Å². The summed E-state index contributed by atoms with van der Waals surface area (Å²) in [4.78, 5) is 2.27. The highest BCUT2D eigenvalue weighted by Crippen LogP contribution is 2.27. The van der Waals surface area contributed by atoms with Crippen molar-refractivity contribution in [2.45, 2.75) is 39.5 Å². The van der Waals surface area contributed by atoms with Crippen LogP contribution < -0.4 is 0 Å². The highest BCUT2D eigenvalue weighted by Gasteiger charge is 2.13. The first-order valence-corrected chi connectivity index (χ1v) is 6.44. The third-order valence-corrected chi connectivity index (χ3v) is 3.54. The molecule has 0 radical (unpaired) electrons. The molecule has 0 atom stereocenters. The molecular formula is C13H27NO. The van der Waals surface area contributed by atoms with Gasteiger partial charge in [-0.15, -0.1) is 0 Å². The zero-order valence-electron chi connectivity index (χ0n) is 10.7. The van der Waals surface area contributed by atoms with Crippen LogP contribution in [-0.2, 0) is 4.74 Å². The van der Waals surface area contributed by atoms with E-state index in [1.54, 1.807) is 0 Å². The lowest BCUT2D eigenvalue weighted by Crippen LogP contribution is -2.32. The monoisotopic (exact) mass is 213 g/mol. The number of likely N-dealkylation sites (N-methyl/N-ethyl adjacent to an activating group) is 1. The van der Waals surface area contributed by atoms with Crippen molar-refractivity contribution < 1.29 is 4.74 Å². The SMILES string of the molecule is CC1CCC(C)CC1.CN1CCOCC1. The second-order valence-corrected chi connectivity index (χ2v) is 5.28. The Kier molecular flexibility index (Phi) is 6.26. The van der Waals surface area contributed by atoms with Gasteiger partial charge in [0.15, 0.2) is 0 Å². The van der Waals surface area contributed by atoms with Gasteiger partial charge in [0, 0.05) is 13.1 Å². The molecule has 2 aliphatic rings. The summed E-state index contributed by atoms with van der Waals surface area (Å²) >= 11 is 0. The zero-order chi connectivity index (χ0) is 11.1. The quantitative estimate of drug-likeness (QED) is 0.613. The van der Waals surface area contributed by atoms with E-state index in [2.05, 4.69) is 25.8 Å². The maximum absolute atomic E-state index is 5.10. The minimum absolute atomic E-state index is 0.913. The van der Waals surface area contributed by atoms with Gasteiger partial charge in [-0.3, -0.25) is 0 Å². The van der Waals surface area contributed by atoms with Crippen molar-refractivity contribution in [1.29, 1.82) is 0 Å². The summed E-state index contributed by atoms with van der Waals surface area (Å²) in [5.74, 6) is 2.04. The molecule has 0 aromatic heterocycles. The Hall–Kier alpha value is -0.0800. The van der Waals surface area contributed by atoms with Crippen molar-refractivity contribution in [3.63, 3.8) is 0 Å². The normalized spacial score (nSPS) is 33.0. The van der Waals surface area contributed by atoms with Crippen molar-refractivity contribution in [1.82, 2.24) is 4.90 Å². The molecule has 0 bridgehead atoms. The van der Waals surface area contributed by atoms with E-state index < -0.39 is 0 Å². The van der Waals surface area contributed by atoms with Gasteiger partial charge in [-0.25, -0.2) is 0 Å². The number of nitrogens with zero attached hydrogens (tertiary/aromatic N) is 1. The van der Waals surface area contributed by atoms with Gasteiger partial charge >= 0.3 is 0 Å². The van der Waals surface area contributed by atoms with Gasteiger partial charge < -0.3 is 9.64 Å². The molecular weight excluding hydrogens is 186 g/mol. The highest BCUT2D eigenvalue weighted by atomic mass is 16.5. The van der Waals surface area contributed by atoms with Crippen LogP contribution in [0.25, 0.3) is 0 Å². The Morgan fingerprint density at radius 2 is 1.27 bits per heavy atom. The molecule has 1 saturated heterocycles. The zero-order valence-corrected chi connectivity index (χ0v) is 10.7. The Morgan fingerprint density at radius 3 is 1.53 bits per heavy atom. The number of ether oxygens (including phenoxy) is 1. The molecule has 0 amide bonds. The van der Waals surface area contributed by atoms with E-state index >= 15 is 0 Å². The number of rotatable bonds is 0. The summed E-state index contributed by atoms with van der Waals surface area (Å²) in [5, 5.41) is 0. The lowest BCUT2D eigenvalue weighted by atomic mass is 9.84. The fourth-order valence-corrected chi connectivity index (χ4v) is 2.08. The van der Waals surface area contributed by atoms with Gasteiger partial charge in [-0.2, -0.15) is 0 Å². The highest BCUT2D eigenvalue weighted by molar-refractivity contribution is 4.65. The lowest BCUT2D eigenvalue weighted by Gasteiger charge is -2.22. The number of hydrogen-bond donors (Lipinski definition) is 0. The maximum atomic E-state index is 5.10. The van der Waals surface area contributed by atoms with Crippen LogP contribution in [0.4, 0.5) is 0 Å². The van der Waals surface area contributed by atoms with E-state index in [0.29, 0.717) is 0 Å². The largest absolute Gasteiger partial charge is 0.379 e. The Bertz CT molecular complexity index is 137. The first-order chi connectivity index (χ1) is 7.18. The summed E-state index contributed by atoms with van der Waals surface area (Å²) in [7, 11) is 2.11. The third-order valence-electron chi connectivity index (χ3n) is 3.54. The van der Waals surface area contributed by atoms with Gasteiger partial charge in [0.25, 0.3) is 0 Å². The van der Waals surface area contributed by atoms with Crippen LogP contribution in [-0.4, -0.2) is 38.3 Å². The minimum Gasteiger partial charge on any atom is -0.379 e. The fraction of sp³-hybridized carbons (Fsp3) is 1.00. The summed E-state index contributed by atoms with van der Waals surface area (Å²) < 4.78 is 5.10. The smallest absolute Gasteiger partial charge is 0.0594 e. The molecule has 1 aliphatic carbocycles. The molecule has 1 aliphatic heterocycles. The van der Waals surface area contributed by atoms with E-state index in [4.69, 9.17) is 4.74 Å². The van der Waals surface area contributed by atoms with Crippen LogP contribution >= 0.6 is 0 Å². The van der Waals surface area contributed by atoms with Crippen molar-refractivity contribution in [2.75, 3.05) is 33.4 Å². The van der Waals surface area contributed by atoms with Crippen LogP contribution in [0.15, 0.2) is 0 Å². The molecule has 0 N–H and O–H groups in total. The molecule has 0 aromatic rings. The molecule has 1 saturated carbocycles. The van der Waals surface area contributed by atoms with E-state index in [0.717, 1.165) is 38.1 Å². The molecule has 2 heteroatoms. The molecule has 15 heavy (non-hydrogen) atoms. The molecule has 2 nitrogen and oxygen atoms in total. The Morgan fingerprint density at radius 1 is 0.867 bits per heavy atom. The molecule has 2 rings (SSSR count). The fourth-order valence-electron chi connectivity index (χ4n) is 2.08. The standard InChI is InChI=1S/C8H16.C5H11NO/c1-7-3-5-8(2)6-4-7;1-6-2-4-7-5-3-6/h7-8H,3-6H2,1-2H3;2-5H2,1H3. The minimum atomic E-state index is 0.913. The van der Waals surface area contributed by atoms with Crippen LogP contribution in [0.2, 0.25) is 0 Å². The summed E-state index contributed by atoms with van der Waals surface area (Å²) in [5.41, 5.74) is 0. The van der Waals surface area contributed by atoms with Crippen molar-refractivity contribution >= 4 is 0 Å². The van der Waals surface area contributed by atoms with Gasteiger partial charge in [0.1, 0.15) is 0 Å². The number of hydrogen-bond acceptors (Lipinski definition) is 2. The molecule has 0 unspecified atom stereocenters. The Labute approximate surface area is 95.0 Å². The van der Waals surface area contributed by atoms with E-state index in [1.807, 2.05) is 0 Å². The average Bonchev–Trinajstić information content (AvgIpc) is 2.25. The second-order valence-electron chi connectivity index (χ2n) is 5.28. The first kappa shape index (κ1) is 13.0. The van der Waals surface area contributed by atoms with Crippen molar-refractivity contribution in [2.24, 2.45) is 11.8 Å². The molecule has 90 valence electrons. The van der Waals surface area contributed by atoms with Crippen LogP contribution in [0.1, 0.15) is 39.5 Å². The second kappa shape index (κ2) is 7.24. The summed E-state index contributed by atoms with van der Waals surface area (Å²) in [6.45, 7) is 8.75. The average molecular weight is 213 g/mol. The number of morpholine rings is 1. The third kappa shape index (κ3) is 6.16. The van der Waals surface area contributed by atoms with Gasteiger partial charge in [-0.1, -0.05) is 39.5 Å². The predicted molar refractivity (Wildman–Crippen MR) is 65.1 cm³/mol. The predicted octanol–water partition coefficient (Wildman–Crippen LogP) is 2.78. The van der Waals surface area contributed by atoms with E-state index in [1.165, 1.54) is 25.7 Å². The van der Waals surface area contributed by atoms with Crippen LogP contribution in [0.5, 0.6) is 0 Å². The summed E-state index contributed by atoms with van der Waals surface area (Å²) in [6, 6.07) is 0. The maximum Gasteiger partial charge on any atom is 0.0594 e. The first-order valence-electron chi connectivity index (χ1n) is 6.44. The van der Waals surface area contributed by atoms with Crippen LogP contribution in [0, 0.1) is 11.8 Å².